The largest absolute Gasteiger partial charge is 0.298 e. The molecule has 0 aliphatic rings. The van der Waals surface area contributed by atoms with Crippen LogP contribution in [0.1, 0.15) is 10.4 Å². The standard InChI is InChI=1S/C21H15ClN4O3S2/c22-16-5-9-18(10-6-16)31(28,29)26-17-7-3-14(4-8-17)20(27)25-21-24-19(13-30-21)15-2-1-11-23-12-15/h1-13,26H,(H,24,25,27). The second-order valence-corrected chi connectivity index (χ2v) is 9.35. The summed E-state index contributed by atoms with van der Waals surface area (Å²) in [6, 6.07) is 15.6. The Bertz CT molecular complexity index is 1310. The molecule has 1 amide bonds. The van der Waals surface area contributed by atoms with Gasteiger partial charge in [0.1, 0.15) is 0 Å². The van der Waals surface area contributed by atoms with Gasteiger partial charge < -0.3 is 0 Å². The second kappa shape index (κ2) is 8.84. The van der Waals surface area contributed by atoms with Crippen LogP contribution in [0.15, 0.2) is 83.3 Å². The molecule has 10 heteroatoms. The number of pyridine rings is 1. The van der Waals surface area contributed by atoms with Crippen molar-refractivity contribution in [2.75, 3.05) is 10.0 Å². The molecule has 0 unspecified atom stereocenters. The SMILES string of the molecule is O=C(Nc1nc(-c2cccnc2)cs1)c1ccc(NS(=O)(=O)c2ccc(Cl)cc2)cc1. The highest BCUT2D eigenvalue weighted by molar-refractivity contribution is 7.92. The average Bonchev–Trinajstić information content (AvgIpc) is 3.23. The lowest BCUT2D eigenvalue weighted by Gasteiger charge is -2.09. The number of nitrogens with zero attached hydrogens (tertiary/aromatic N) is 2. The fourth-order valence-electron chi connectivity index (χ4n) is 2.66. The van der Waals surface area contributed by atoms with E-state index in [1.807, 2.05) is 17.5 Å². The van der Waals surface area contributed by atoms with Crippen LogP contribution in [0.4, 0.5) is 10.8 Å². The molecule has 0 bridgehead atoms. The third kappa shape index (κ3) is 5.08. The zero-order valence-corrected chi connectivity index (χ0v) is 18.2. The molecule has 0 spiro atoms. The number of amides is 1. The van der Waals surface area contributed by atoms with Gasteiger partial charge in [-0.15, -0.1) is 11.3 Å². The van der Waals surface area contributed by atoms with Gasteiger partial charge in [-0.3, -0.25) is 19.8 Å². The second-order valence-electron chi connectivity index (χ2n) is 6.37. The number of sulfonamides is 1. The summed E-state index contributed by atoms with van der Waals surface area (Å²) in [5, 5.41) is 5.48. The first-order chi connectivity index (χ1) is 14.9. The first kappa shape index (κ1) is 21.0. The number of hydrogen-bond donors (Lipinski definition) is 2. The van der Waals surface area contributed by atoms with Gasteiger partial charge in [-0.1, -0.05) is 11.6 Å². The van der Waals surface area contributed by atoms with Gasteiger partial charge in [0.05, 0.1) is 10.6 Å². The van der Waals surface area contributed by atoms with Crippen molar-refractivity contribution in [1.82, 2.24) is 9.97 Å². The van der Waals surface area contributed by atoms with Crippen molar-refractivity contribution in [2.24, 2.45) is 0 Å². The van der Waals surface area contributed by atoms with Crippen LogP contribution in [0.2, 0.25) is 5.02 Å². The number of rotatable bonds is 6. The Hall–Kier alpha value is -3.27. The quantitative estimate of drug-likeness (QED) is 0.417. The maximum atomic E-state index is 12.5. The van der Waals surface area contributed by atoms with Gasteiger partial charge >= 0.3 is 0 Å². The summed E-state index contributed by atoms with van der Waals surface area (Å²) in [7, 11) is -3.76. The summed E-state index contributed by atoms with van der Waals surface area (Å²) in [5.74, 6) is -0.348. The van der Waals surface area contributed by atoms with Crippen molar-refractivity contribution in [3.05, 3.63) is 89.0 Å². The zero-order chi connectivity index (χ0) is 21.8. The first-order valence-corrected chi connectivity index (χ1v) is 11.7. The summed E-state index contributed by atoms with van der Waals surface area (Å²) >= 11 is 7.11. The van der Waals surface area contributed by atoms with Gasteiger partial charge in [-0.25, -0.2) is 13.4 Å². The molecular weight excluding hydrogens is 456 g/mol. The Morgan fingerprint density at radius 3 is 2.42 bits per heavy atom. The Balaban J connectivity index is 1.43. The number of nitrogens with one attached hydrogen (secondary N) is 2. The molecule has 0 aliphatic heterocycles. The topological polar surface area (TPSA) is 101 Å². The summed E-state index contributed by atoms with van der Waals surface area (Å²) in [5.41, 5.74) is 2.28. The summed E-state index contributed by atoms with van der Waals surface area (Å²) in [6.07, 6.45) is 3.38. The van der Waals surface area contributed by atoms with Crippen LogP contribution in [0.25, 0.3) is 11.3 Å². The van der Waals surface area contributed by atoms with Crippen LogP contribution in [0, 0.1) is 0 Å². The van der Waals surface area contributed by atoms with Gasteiger partial charge in [0.25, 0.3) is 15.9 Å². The summed E-state index contributed by atoms with van der Waals surface area (Å²) < 4.78 is 27.4. The van der Waals surface area contributed by atoms with E-state index in [9.17, 15) is 13.2 Å². The minimum atomic E-state index is -3.76. The summed E-state index contributed by atoms with van der Waals surface area (Å²) in [4.78, 5) is 21.0. The van der Waals surface area contributed by atoms with Gasteiger partial charge in [-0.05, 0) is 60.7 Å². The molecule has 0 aliphatic carbocycles. The number of aromatic nitrogens is 2. The molecule has 2 N–H and O–H groups in total. The lowest BCUT2D eigenvalue weighted by atomic mass is 10.2. The Morgan fingerprint density at radius 2 is 1.74 bits per heavy atom. The number of carbonyl (C=O) groups excluding carboxylic acids is 1. The molecule has 0 radical (unpaired) electrons. The number of anilines is 2. The van der Waals surface area contributed by atoms with Crippen molar-refractivity contribution in [3.63, 3.8) is 0 Å². The maximum absolute atomic E-state index is 12.5. The third-order valence-corrected chi connectivity index (χ3v) is 6.61. The smallest absolute Gasteiger partial charge is 0.261 e. The van der Waals surface area contributed by atoms with Gasteiger partial charge in [0.2, 0.25) is 0 Å². The average molecular weight is 471 g/mol. The monoisotopic (exact) mass is 470 g/mol. The Morgan fingerprint density at radius 1 is 1.00 bits per heavy atom. The van der Waals surface area contributed by atoms with Crippen LogP contribution in [0.3, 0.4) is 0 Å². The van der Waals surface area contributed by atoms with Crippen molar-refractivity contribution < 1.29 is 13.2 Å². The van der Waals surface area contributed by atoms with E-state index in [2.05, 4.69) is 20.0 Å². The van der Waals surface area contributed by atoms with Crippen molar-refractivity contribution in [1.29, 1.82) is 0 Å². The zero-order valence-electron chi connectivity index (χ0n) is 15.8. The van der Waals surface area contributed by atoms with E-state index in [1.54, 1.807) is 12.4 Å². The molecule has 4 aromatic rings. The van der Waals surface area contributed by atoms with E-state index < -0.39 is 10.0 Å². The minimum absolute atomic E-state index is 0.0897. The molecule has 0 fully saturated rings. The lowest BCUT2D eigenvalue weighted by Crippen LogP contribution is -2.14. The lowest BCUT2D eigenvalue weighted by molar-refractivity contribution is 0.102. The molecule has 4 rings (SSSR count). The van der Waals surface area contributed by atoms with Crippen LogP contribution in [-0.4, -0.2) is 24.3 Å². The highest BCUT2D eigenvalue weighted by Gasteiger charge is 2.15. The molecule has 156 valence electrons. The minimum Gasteiger partial charge on any atom is -0.298 e. The van der Waals surface area contributed by atoms with Crippen LogP contribution in [0.5, 0.6) is 0 Å². The number of hydrogen-bond acceptors (Lipinski definition) is 6. The molecular formula is C21H15ClN4O3S2. The maximum Gasteiger partial charge on any atom is 0.261 e. The molecule has 0 saturated heterocycles. The van der Waals surface area contributed by atoms with Crippen molar-refractivity contribution in [3.8, 4) is 11.3 Å². The van der Waals surface area contributed by atoms with E-state index in [-0.39, 0.29) is 10.8 Å². The number of halogens is 1. The predicted octanol–water partition coefficient (Wildman–Crippen LogP) is 4.91. The number of thiazole rings is 1. The molecule has 0 saturated carbocycles. The van der Waals surface area contributed by atoms with Crippen LogP contribution >= 0.6 is 22.9 Å². The molecule has 2 aromatic heterocycles. The highest BCUT2D eigenvalue weighted by Crippen LogP contribution is 2.25. The van der Waals surface area contributed by atoms with Crippen molar-refractivity contribution in [2.45, 2.75) is 4.90 Å². The van der Waals surface area contributed by atoms with E-state index in [0.29, 0.717) is 21.4 Å². The van der Waals surface area contributed by atoms with E-state index in [4.69, 9.17) is 11.6 Å². The van der Waals surface area contributed by atoms with Gasteiger partial charge in [-0.2, -0.15) is 0 Å². The molecule has 2 heterocycles. The fraction of sp³-hybridized carbons (Fsp3) is 0. The summed E-state index contributed by atoms with van der Waals surface area (Å²) in [6.45, 7) is 0. The number of benzene rings is 2. The predicted molar refractivity (Wildman–Crippen MR) is 122 cm³/mol. The first-order valence-electron chi connectivity index (χ1n) is 8.96. The third-order valence-electron chi connectivity index (χ3n) is 4.21. The fourth-order valence-corrected chi connectivity index (χ4v) is 4.56. The molecule has 0 atom stereocenters. The van der Waals surface area contributed by atoms with E-state index >= 15 is 0 Å². The Labute approximate surface area is 187 Å². The highest BCUT2D eigenvalue weighted by atomic mass is 35.5. The van der Waals surface area contributed by atoms with Gasteiger partial charge in [0.15, 0.2) is 5.13 Å². The van der Waals surface area contributed by atoms with Gasteiger partial charge in [0, 0.05) is 39.6 Å². The van der Waals surface area contributed by atoms with E-state index in [1.165, 1.54) is 59.9 Å². The molecule has 7 nitrogen and oxygen atoms in total. The Kier molecular flexibility index (Phi) is 5.99. The molecule has 2 aromatic carbocycles. The van der Waals surface area contributed by atoms with Crippen LogP contribution < -0.4 is 10.0 Å². The normalized spacial score (nSPS) is 11.1. The number of carbonyl (C=O) groups is 1. The van der Waals surface area contributed by atoms with Crippen LogP contribution in [-0.2, 0) is 10.0 Å². The van der Waals surface area contributed by atoms with E-state index in [0.717, 1.165) is 11.3 Å². The molecule has 31 heavy (non-hydrogen) atoms. The van der Waals surface area contributed by atoms with Crippen molar-refractivity contribution >= 4 is 49.7 Å².